The molecule has 0 spiro atoms. The summed E-state index contributed by atoms with van der Waals surface area (Å²) in [5, 5.41) is 0. The molecule has 2 aromatic heterocycles. The van der Waals surface area contributed by atoms with Gasteiger partial charge in [0.15, 0.2) is 0 Å². The van der Waals surface area contributed by atoms with E-state index in [4.69, 9.17) is 17.2 Å². The highest BCUT2D eigenvalue weighted by Crippen LogP contribution is 2.34. The number of thioether (sulfide) groups is 1. The number of pyridine rings is 1. The lowest BCUT2D eigenvalue weighted by Crippen LogP contribution is -2.40. The molecule has 4 rings (SSSR count). The standard InChI is InChI=1S/C22H26N4O2S2/c1-4-8-26-21(28)17(30-22(26)29)11-16-19(24-12-14(2)10-15(3)13-24)23-18-7-5-6-9-25(18)20(16)27/h5-7,9,11,14-15H,4,8,10,12-13H2,1-3H3/b17-11-/t14-,15-/m0/s1. The van der Waals surface area contributed by atoms with Crippen LogP contribution in [0, 0.1) is 11.8 Å². The number of piperidine rings is 1. The fourth-order valence-electron chi connectivity index (χ4n) is 4.34. The van der Waals surface area contributed by atoms with Crippen LogP contribution in [0.2, 0.25) is 0 Å². The molecule has 2 aliphatic rings. The van der Waals surface area contributed by atoms with E-state index in [9.17, 15) is 9.59 Å². The van der Waals surface area contributed by atoms with Gasteiger partial charge in [-0.25, -0.2) is 4.98 Å². The highest BCUT2D eigenvalue weighted by molar-refractivity contribution is 8.26. The molecule has 2 aliphatic heterocycles. The van der Waals surface area contributed by atoms with Crippen LogP contribution in [0.1, 0.15) is 39.2 Å². The smallest absolute Gasteiger partial charge is 0.267 e. The molecule has 4 heterocycles. The molecule has 0 unspecified atom stereocenters. The summed E-state index contributed by atoms with van der Waals surface area (Å²) in [6, 6.07) is 5.53. The van der Waals surface area contributed by atoms with Crippen LogP contribution in [0.3, 0.4) is 0 Å². The molecule has 1 amide bonds. The number of rotatable bonds is 4. The number of aromatic nitrogens is 2. The molecule has 158 valence electrons. The second-order valence-electron chi connectivity index (χ2n) is 8.27. The maximum Gasteiger partial charge on any atom is 0.267 e. The Hall–Kier alpha value is -2.19. The molecule has 0 N–H and O–H groups in total. The minimum absolute atomic E-state index is 0.129. The normalized spacial score (nSPS) is 23.8. The lowest BCUT2D eigenvalue weighted by molar-refractivity contribution is -0.122. The van der Waals surface area contributed by atoms with Gasteiger partial charge in [0.1, 0.15) is 15.8 Å². The minimum Gasteiger partial charge on any atom is -0.355 e. The Morgan fingerprint density at radius 2 is 1.97 bits per heavy atom. The Labute approximate surface area is 186 Å². The van der Waals surface area contributed by atoms with Gasteiger partial charge >= 0.3 is 0 Å². The second-order valence-corrected chi connectivity index (χ2v) is 9.94. The van der Waals surface area contributed by atoms with Crippen molar-refractivity contribution in [2.24, 2.45) is 11.8 Å². The first kappa shape index (κ1) is 21.1. The zero-order valence-electron chi connectivity index (χ0n) is 17.5. The fourth-order valence-corrected chi connectivity index (χ4v) is 5.63. The largest absolute Gasteiger partial charge is 0.355 e. The molecule has 2 atom stereocenters. The molecule has 30 heavy (non-hydrogen) atoms. The molecule has 6 nitrogen and oxygen atoms in total. The third-order valence-electron chi connectivity index (χ3n) is 5.51. The Bertz CT molecular complexity index is 1080. The van der Waals surface area contributed by atoms with Crippen molar-refractivity contribution in [3.05, 3.63) is 45.2 Å². The zero-order chi connectivity index (χ0) is 21.4. The van der Waals surface area contributed by atoms with Crippen molar-refractivity contribution in [2.75, 3.05) is 24.5 Å². The highest BCUT2D eigenvalue weighted by atomic mass is 32.2. The van der Waals surface area contributed by atoms with Crippen LogP contribution < -0.4 is 10.5 Å². The number of fused-ring (bicyclic) bond motifs is 1. The van der Waals surface area contributed by atoms with Crippen LogP contribution in [-0.2, 0) is 4.79 Å². The van der Waals surface area contributed by atoms with E-state index in [1.165, 1.54) is 11.8 Å². The van der Waals surface area contributed by atoms with E-state index in [0.717, 1.165) is 25.9 Å². The van der Waals surface area contributed by atoms with E-state index in [0.29, 0.717) is 44.6 Å². The van der Waals surface area contributed by atoms with Gasteiger partial charge in [-0.15, -0.1) is 0 Å². The third kappa shape index (κ3) is 3.90. The second kappa shape index (κ2) is 8.51. The van der Waals surface area contributed by atoms with E-state index in [-0.39, 0.29) is 11.5 Å². The quantitative estimate of drug-likeness (QED) is 0.530. The Morgan fingerprint density at radius 1 is 1.23 bits per heavy atom. The van der Waals surface area contributed by atoms with Crippen molar-refractivity contribution in [2.45, 2.75) is 33.6 Å². The summed E-state index contributed by atoms with van der Waals surface area (Å²) in [4.78, 5) is 35.5. The lowest BCUT2D eigenvalue weighted by atomic mass is 9.91. The van der Waals surface area contributed by atoms with E-state index >= 15 is 0 Å². The van der Waals surface area contributed by atoms with Crippen LogP contribution >= 0.6 is 24.0 Å². The third-order valence-corrected chi connectivity index (χ3v) is 6.89. The number of hydrogen-bond donors (Lipinski definition) is 0. The molecular formula is C22H26N4O2S2. The average Bonchev–Trinajstić information content (AvgIpc) is 2.97. The molecule has 2 saturated heterocycles. The first-order chi connectivity index (χ1) is 14.4. The molecule has 0 radical (unpaired) electrons. The number of amides is 1. The van der Waals surface area contributed by atoms with Gasteiger partial charge in [0.05, 0.1) is 10.5 Å². The van der Waals surface area contributed by atoms with E-state index < -0.39 is 0 Å². The molecular weight excluding hydrogens is 416 g/mol. The van der Waals surface area contributed by atoms with Crippen LogP contribution in [0.25, 0.3) is 11.7 Å². The molecule has 0 saturated carbocycles. The predicted octanol–water partition coefficient (Wildman–Crippen LogP) is 3.79. The van der Waals surface area contributed by atoms with Gasteiger partial charge in [0.25, 0.3) is 11.5 Å². The highest BCUT2D eigenvalue weighted by Gasteiger charge is 2.33. The van der Waals surface area contributed by atoms with Gasteiger partial charge in [-0.1, -0.05) is 50.8 Å². The van der Waals surface area contributed by atoms with Crippen molar-refractivity contribution in [3.8, 4) is 0 Å². The van der Waals surface area contributed by atoms with E-state index in [1.807, 2.05) is 25.1 Å². The Kier molecular flexibility index (Phi) is 5.97. The Balaban J connectivity index is 1.86. The first-order valence-corrected chi connectivity index (χ1v) is 11.6. The van der Waals surface area contributed by atoms with Gasteiger partial charge < -0.3 is 4.90 Å². The number of carbonyl (C=O) groups is 1. The number of hydrogen-bond acceptors (Lipinski definition) is 6. The van der Waals surface area contributed by atoms with Crippen molar-refractivity contribution in [1.82, 2.24) is 14.3 Å². The van der Waals surface area contributed by atoms with Gasteiger partial charge in [0, 0.05) is 25.8 Å². The summed E-state index contributed by atoms with van der Waals surface area (Å²) in [5.74, 6) is 1.56. The van der Waals surface area contributed by atoms with Crippen LogP contribution in [0.4, 0.5) is 5.82 Å². The SMILES string of the molecule is CCCN1C(=O)/C(=C/c2c(N3C[C@@H](C)C[C@H](C)C3)nc3ccccn3c2=O)SC1=S. The van der Waals surface area contributed by atoms with Gasteiger partial charge in [-0.3, -0.25) is 18.9 Å². The number of anilines is 1. The lowest BCUT2D eigenvalue weighted by Gasteiger charge is -2.36. The maximum absolute atomic E-state index is 13.4. The van der Waals surface area contributed by atoms with Crippen molar-refractivity contribution >= 4 is 51.7 Å². The van der Waals surface area contributed by atoms with Crippen LogP contribution in [0.15, 0.2) is 34.1 Å². The van der Waals surface area contributed by atoms with Crippen LogP contribution in [-0.4, -0.2) is 44.1 Å². The minimum atomic E-state index is -0.165. The molecule has 0 aromatic carbocycles. The number of nitrogens with zero attached hydrogens (tertiary/aromatic N) is 4. The summed E-state index contributed by atoms with van der Waals surface area (Å²) < 4.78 is 2.09. The summed E-state index contributed by atoms with van der Waals surface area (Å²) >= 11 is 6.65. The summed E-state index contributed by atoms with van der Waals surface area (Å²) in [6.45, 7) is 8.75. The van der Waals surface area contributed by atoms with Crippen LogP contribution in [0.5, 0.6) is 0 Å². The zero-order valence-corrected chi connectivity index (χ0v) is 19.1. The summed E-state index contributed by atoms with van der Waals surface area (Å²) in [5.41, 5.74) is 0.901. The molecule has 2 fully saturated rings. The maximum atomic E-state index is 13.4. The molecule has 8 heteroatoms. The molecule has 0 bridgehead atoms. The topological polar surface area (TPSA) is 57.9 Å². The number of thiocarbonyl (C=S) groups is 1. The Morgan fingerprint density at radius 3 is 2.67 bits per heavy atom. The van der Waals surface area contributed by atoms with E-state index in [2.05, 4.69) is 18.7 Å². The molecule has 0 aliphatic carbocycles. The van der Waals surface area contributed by atoms with Gasteiger partial charge in [0.2, 0.25) is 0 Å². The predicted molar refractivity (Wildman–Crippen MR) is 127 cm³/mol. The van der Waals surface area contributed by atoms with Crippen molar-refractivity contribution in [1.29, 1.82) is 0 Å². The van der Waals surface area contributed by atoms with Crippen molar-refractivity contribution < 1.29 is 4.79 Å². The molecule has 2 aromatic rings. The summed E-state index contributed by atoms with van der Waals surface area (Å²) in [6.07, 6.45) is 5.40. The van der Waals surface area contributed by atoms with Gasteiger partial charge in [-0.05, 0) is 42.9 Å². The monoisotopic (exact) mass is 442 g/mol. The number of carbonyl (C=O) groups excluding carboxylic acids is 1. The van der Waals surface area contributed by atoms with E-state index in [1.54, 1.807) is 21.6 Å². The first-order valence-electron chi connectivity index (χ1n) is 10.4. The van der Waals surface area contributed by atoms with Gasteiger partial charge in [-0.2, -0.15) is 0 Å². The summed E-state index contributed by atoms with van der Waals surface area (Å²) in [7, 11) is 0. The fraction of sp³-hybridized carbons (Fsp3) is 0.455. The average molecular weight is 443 g/mol. The van der Waals surface area contributed by atoms with Crippen molar-refractivity contribution in [3.63, 3.8) is 0 Å².